The zero-order chi connectivity index (χ0) is 9.61. The molecule has 0 rings (SSSR count). The molecule has 0 saturated carbocycles. The van der Waals surface area contributed by atoms with Crippen molar-refractivity contribution < 1.29 is 13.2 Å². The fraction of sp³-hybridized carbons (Fsp3) is 0.250. The van der Waals surface area contributed by atoms with Crippen LogP contribution in [0.25, 0.3) is 0 Å². The number of nitrogens with one attached hydrogen (secondary N) is 1. The molecule has 0 saturated heterocycles. The Morgan fingerprint density at radius 2 is 1.92 bits per heavy atom. The van der Waals surface area contributed by atoms with Gasteiger partial charge in [-0.3, -0.25) is 0 Å². The van der Waals surface area contributed by atoms with Crippen LogP contribution >= 0.6 is 0 Å². The molecule has 68 valence electrons. The monoisotopic (exact) mass is 177 g/mol. The van der Waals surface area contributed by atoms with Crippen LogP contribution in [0.4, 0.5) is 13.2 Å². The summed E-state index contributed by atoms with van der Waals surface area (Å²) in [5.74, 6) is 0. The molecular formula is C8H10F3N. The lowest BCUT2D eigenvalue weighted by Crippen LogP contribution is -2.08. The summed E-state index contributed by atoms with van der Waals surface area (Å²) in [5.41, 5.74) is -0.858. The van der Waals surface area contributed by atoms with E-state index in [-0.39, 0.29) is 0 Å². The predicted molar refractivity (Wildman–Crippen MR) is 42.5 cm³/mol. The van der Waals surface area contributed by atoms with Gasteiger partial charge in [-0.1, -0.05) is 18.7 Å². The van der Waals surface area contributed by atoms with Crippen LogP contribution in [-0.2, 0) is 0 Å². The number of hydrogen-bond donors (Lipinski definition) is 1. The highest BCUT2D eigenvalue weighted by atomic mass is 19.4. The molecule has 0 unspecified atom stereocenters. The van der Waals surface area contributed by atoms with Crippen LogP contribution in [0.2, 0.25) is 0 Å². The standard InChI is InChI=1S/C8H10F3N/c1-7(8(9,10)11)5-3-4-6-12-2/h3-6,12H,1H2,2H3/b5-3-,6-4+. The van der Waals surface area contributed by atoms with E-state index in [2.05, 4.69) is 11.9 Å². The van der Waals surface area contributed by atoms with Gasteiger partial charge in [0.25, 0.3) is 0 Å². The molecule has 0 radical (unpaired) electrons. The summed E-state index contributed by atoms with van der Waals surface area (Å²) in [7, 11) is 1.66. The Hall–Kier alpha value is -1.19. The van der Waals surface area contributed by atoms with Crippen molar-refractivity contribution in [1.82, 2.24) is 5.32 Å². The number of hydrogen-bond acceptors (Lipinski definition) is 1. The molecule has 1 nitrogen and oxygen atoms in total. The van der Waals surface area contributed by atoms with Crippen LogP contribution in [0.3, 0.4) is 0 Å². The second-order valence-corrected chi connectivity index (χ2v) is 2.03. The lowest BCUT2D eigenvalue weighted by molar-refractivity contribution is -0.0878. The molecule has 0 aliphatic carbocycles. The van der Waals surface area contributed by atoms with Crippen molar-refractivity contribution in [2.45, 2.75) is 6.18 Å². The third kappa shape index (κ3) is 4.60. The molecule has 0 aromatic carbocycles. The van der Waals surface area contributed by atoms with E-state index >= 15 is 0 Å². The number of alkyl halides is 3. The summed E-state index contributed by atoms with van der Waals surface area (Å²) in [4.78, 5) is 0. The van der Waals surface area contributed by atoms with Crippen molar-refractivity contribution in [3.63, 3.8) is 0 Å². The molecule has 0 heterocycles. The van der Waals surface area contributed by atoms with E-state index in [1.165, 1.54) is 18.4 Å². The molecular weight excluding hydrogens is 167 g/mol. The summed E-state index contributed by atoms with van der Waals surface area (Å²) in [6.45, 7) is 2.86. The first-order valence-corrected chi connectivity index (χ1v) is 3.25. The van der Waals surface area contributed by atoms with Gasteiger partial charge in [-0.2, -0.15) is 13.2 Å². The zero-order valence-electron chi connectivity index (χ0n) is 6.65. The number of allylic oxidation sites excluding steroid dienone is 4. The van der Waals surface area contributed by atoms with E-state index in [0.717, 1.165) is 6.08 Å². The molecule has 0 aromatic heterocycles. The number of rotatable bonds is 3. The van der Waals surface area contributed by atoms with Gasteiger partial charge in [0.15, 0.2) is 0 Å². The first kappa shape index (κ1) is 10.8. The van der Waals surface area contributed by atoms with Crippen molar-refractivity contribution in [3.05, 3.63) is 36.6 Å². The summed E-state index contributed by atoms with van der Waals surface area (Å²) in [5, 5.41) is 2.64. The van der Waals surface area contributed by atoms with E-state index in [9.17, 15) is 13.2 Å². The van der Waals surface area contributed by atoms with Gasteiger partial charge >= 0.3 is 6.18 Å². The van der Waals surface area contributed by atoms with Gasteiger partial charge in [-0.05, 0) is 12.3 Å². The minimum atomic E-state index is -4.33. The second kappa shape index (κ2) is 4.64. The number of halogens is 3. The van der Waals surface area contributed by atoms with Crippen LogP contribution in [0.1, 0.15) is 0 Å². The summed E-state index contributed by atoms with van der Waals surface area (Å²) in [6.07, 6.45) is 0.821. The SMILES string of the molecule is C=C(/C=C\C=C\NC)C(F)(F)F. The minimum Gasteiger partial charge on any atom is -0.394 e. The maximum atomic E-state index is 11.8. The van der Waals surface area contributed by atoms with Gasteiger partial charge in [0.2, 0.25) is 0 Å². The highest BCUT2D eigenvalue weighted by Crippen LogP contribution is 2.24. The zero-order valence-corrected chi connectivity index (χ0v) is 6.65. The summed E-state index contributed by atoms with van der Waals surface area (Å²) < 4.78 is 35.3. The molecule has 0 aliphatic heterocycles. The quantitative estimate of drug-likeness (QED) is 0.652. The van der Waals surface area contributed by atoms with Gasteiger partial charge in [-0.15, -0.1) is 0 Å². The van der Waals surface area contributed by atoms with Gasteiger partial charge in [-0.25, -0.2) is 0 Å². The third-order valence-corrected chi connectivity index (χ3v) is 1.04. The molecule has 0 aromatic rings. The molecule has 0 atom stereocenters. The first-order chi connectivity index (χ1) is 5.48. The van der Waals surface area contributed by atoms with Crippen LogP contribution in [0.5, 0.6) is 0 Å². The maximum absolute atomic E-state index is 11.8. The minimum absolute atomic E-state index is 0.858. The highest BCUT2D eigenvalue weighted by Gasteiger charge is 2.29. The van der Waals surface area contributed by atoms with Crippen LogP contribution in [0.15, 0.2) is 36.6 Å². The Balaban J connectivity index is 4.01. The lowest BCUT2D eigenvalue weighted by atomic mass is 10.2. The average Bonchev–Trinajstić information content (AvgIpc) is 1.96. The largest absolute Gasteiger partial charge is 0.415 e. The molecule has 1 N–H and O–H groups in total. The fourth-order valence-electron chi connectivity index (χ4n) is 0.418. The maximum Gasteiger partial charge on any atom is 0.415 e. The van der Waals surface area contributed by atoms with Crippen LogP contribution < -0.4 is 5.32 Å². The van der Waals surface area contributed by atoms with Crippen molar-refractivity contribution in [2.75, 3.05) is 7.05 Å². The Kier molecular flexibility index (Phi) is 4.18. The Labute approximate surface area is 69.3 Å². The van der Waals surface area contributed by atoms with Crippen molar-refractivity contribution in [1.29, 1.82) is 0 Å². The van der Waals surface area contributed by atoms with Crippen molar-refractivity contribution in [2.24, 2.45) is 0 Å². The molecule has 0 bridgehead atoms. The molecule has 0 fully saturated rings. The van der Waals surface area contributed by atoms with Crippen molar-refractivity contribution >= 4 is 0 Å². The highest BCUT2D eigenvalue weighted by molar-refractivity contribution is 5.22. The molecule has 4 heteroatoms. The smallest absolute Gasteiger partial charge is 0.394 e. The first-order valence-electron chi connectivity index (χ1n) is 3.25. The van der Waals surface area contributed by atoms with Gasteiger partial charge in [0, 0.05) is 12.6 Å². The topological polar surface area (TPSA) is 12.0 Å². The normalized spacial score (nSPS) is 12.7. The second-order valence-electron chi connectivity index (χ2n) is 2.03. The van der Waals surface area contributed by atoms with E-state index < -0.39 is 11.7 Å². The van der Waals surface area contributed by atoms with E-state index in [1.807, 2.05) is 0 Å². The molecule has 12 heavy (non-hydrogen) atoms. The van der Waals surface area contributed by atoms with Gasteiger partial charge in [0.1, 0.15) is 0 Å². The van der Waals surface area contributed by atoms with E-state index in [4.69, 9.17) is 0 Å². The lowest BCUT2D eigenvalue weighted by Gasteiger charge is -2.03. The Bertz CT molecular complexity index is 201. The summed E-state index contributed by atoms with van der Waals surface area (Å²) >= 11 is 0. The van der Waals surface area contributed by atoms with Gasteiger partial charge < -0.3 is 5.32 Å². The predicted octanol–water partition coefficient (Wildman–Crippen LogP) is 2.39. The summed E-state index contributed by atoms with van der Waals surface area (Å²) in [6, 6.07) is 0. The third-order valence-electron chi connectivity index (χ3n) is 1.04. The molecule has 0 aliphatic rings. The Morgan fingerprint density at radius 3 is 2.33 bits per heavy atom. The van der Waals surface area contributed by atoms with E-state index in [1.54, 1.807) is 7.05 Å². The van der Waals surface area contributed by atoms with Crippen LogP contribution in [0, 0.1) is 0 Å². The molecule has 0 amide bonds. The van der Waals surface area contributed by atoms with Crippen molar-refractivity contribution in [3.8, 4) is 0 Å². The fourth-order valence-corrected chi connectivity index (χ4v) is 0.418. The Morgan fingerprint density at radius 1 is 1.33 bits per heavy atom. The van der Waals surface area contributed by atoms with Gasteiger partial charge in [0.05, 0.1) is 0 Å². The average molecular weight is 177 g/mol. The molecule has 0 spiro atoms. The van der Waals surface area contributed by atoms with Crippen LogP contribution in [-0.4, -0.2) is 13.2 Å². The van der Waals surface area contributed by atoms with E-state index in [0.29, 0.717) is 0 Å².